The van der Waals surface area contributed by atoms with Crippen molar-refractivity contribution in [1.29, 1.82) is 0 Å². The minimum absolute atomic E-state index is 0.0979. The molecule has 182 valence electrons. The van der Waals surface area contributed by atoms with E-state index in [9.17, 15) is 9.18 Å². The van der Waals surface area contributed by atoms with Crippen LogP contribution in [0.3, 0.4) is 0 Å². The molecule has 0 N–H and O–H groups in total. The van der Waals surface area contributed by atoms with Crippen LogP contribution in [0, 0.1) is 5.82 Å². The van der Waals surface area contributed by atoms with Crippen LogP contribution >= 0.6 is 0 Å². The van der Waals surface area contributed by atoms with Crippen molar-refractivity contribution in [3.8, 4) is 11.5 Å². The minimum Gasteiger partial charge on any atom is -0.495 e. The molecule has 0 aliphatic carbocycles. The summed E-state index contributed by atoms with van der Waals surface area (Å²) in [6, 6.07) is 22.8. The quantitative estimate of drug-likeness (QED) is 0.450. The predicted octanol–water partition coefficient (Wildman–Crippen LogP) is 5.21. The number of anilines is 1. The summed E-state index contributed by atoms with van der Waals surface area (Å²) >= 11 is 0. The number of rotatable bonds is 8. The molecule has 0 atom stereocenters. The molecule has 3 aromatic carbocycles. The van der Waals surface area contributed by atoms with Gasteiger partial charge < -0.3 is 19.3 Å². The van der Waals surface area contributed by atoms with E-state index < -0.39 is 0 Å². The van der Waals surface area contributed by atoms with E-state index in [2.05, 4.69) is 11.0 Å². The molecule has 0 unspecified atom stereocenters. The van der Waals surface area contributed by atoms with E-state index >= 15 is 0 Å². The van der Waals surface area contributed by atoms with Gasteiger partial charge in [0.2, 0.25) is 5.91 Å². The Morgan fingerprint density at radius 3 is 2.26 bits per heavy atom. The largest absolute Gasteiger partial charge is 0.495 e. The second kappa shape index (κ2) is 11.6. The molecule has 35 heavy (non-hydrogen) atoms. The summed E-state index contributed by atoms with van der Waals surface area (Å²) in [5, 5.41) is 0. The highest BCUT2D eigenvalue weighted by atomic mass is 19.1. The lowest BCUT2D eigenvalue weighted by Crippen LogP contribution is -2.48. The Morgan fingerprint density at radius 1 is 0.886 bits per heavy atom. The molecule has 1 amide bonds. The molecule has 3 aromatic rings. The smallest absolute Gasteiger partial charge is 0.227 e. The lowest BCUT2D eigenvalue weighted by atomic mass is 9.99. The number of para-hydroxylation sites is 2. The molecule has 0 radical (unpaired) electrons. The summed E-state index contributed by atoms with van der Waals surface area (Å²) in [5.41, 5.74) is 3.83. The number of carbonyl (C=O) groups is 1. The maximum Gasteiger partial charge on any atom is 0.227 e. The number of halogens is 1. The maximum atomic E-state index is 14.1. The van der Waals surface area contributed by atoms with Gasteiger partial charge in [0.25, 0.3) is 0 Å². The van der Waals surface area contributed by atoms with E-state index in [0.717, 1.165) is 41.2 Å². The highest BCUT2D eigenvalue weighted by Crippen LogP contribution is 2.29. The molecule has 0 spiro atoms. The summed E-state index contributed by atoms with van der Waals surface area (Å²) in [5.74, 6) is 0.782. The lowest BCUT2D eigenvalue weighted by Gasteiger charge is -2.36. The van der Waals surface area contributed by atoms with Gasteiger partial charge in [0.05, 0.1) is 26.3 Å². The van der Waals surface area contributed by atoms with Crippen molar-refractivity contribution >= 4 is 17.2 Å². The Hall–Kier alpha value is -3.80. The van der Waals surface area contributed by atoms with Gasteiger partial charge in [-0.3, -0.25) is 4.79 Å². The summed E-state index contributed by atoms with van der Waals surface area (Å²) in [7, 11) is 3.13. The number of ether oxygens (including phenoxy) is 2. The van der Waals surface area contributed by atoms with Crippen LogP contribution in [0.1, 0.15) is 17.5 Å². The molecule has 1 heterocycles. The van der Waals surface area contributed by atoms with Gasteiger partial charge in [0, 0.05) is 26.2 Å². The highest BCUT2D eigenvalue weighted by molar-refractivity contribution is 5.89. The molecule has 1 saturated heterocycles. The number of hydrogen-bond acceptors (Lipinski definition) is 4. The number of methoxy groups -OCH3 is 2. The van der Waals surface area contributed by atoms with E-state index in [4.69, 9.17) is 9.47 Å². The summed E-state index contributed by atoms with van der Waals surface area (Å²) < 4.78 is 24.6. The summed E-state index contributed by atoms with van der Waals surface area (Å²) in [6.07, 6.45) is 2.86. The molecule has 0 aromatic heterocycles. The lowest BCUT2D eigenvalue weighted by molar-refractivity contribution is -0.130. The third kappa shape index (κ3) is 6.01. The first-order valence-corrected chi connectivity index (χ1v) is 11.8. The predicted molar refractivity (Wildman–Crippen MR) is 137 cm³/mol. The summed E-state index contributed by atoms with van der Waals surface area (Å²) in [6.45, 7) is 2.81. The van der Waals surface area contributed by atoms with E-state index in [1.807, 2.05) is 65.6 Å². The Balaban J connectivity index is 1.44. The summed E-state index contributed by atoms with van der Waals surface area (Å²) in [4.78, 5) is 17.4. The Labute approximate surface area is 206 Å². The van der Waals surface area contributed by atoms with Gasteiger partial charge in [-0.2, -0.15) is 0 Å². The number of piperazine rings is 1. The molecule has 6 heteroatoms. The molecule has 5 nitrogen and oxygen atoms in total. The van der Waals surface area contributed by atoms with Gasteiger partial charge in [-0.15, -0.1) is 0 Å². The average molecular weight is 475 g/mol. The van der Waals surface area contributed by atoms with Crippen molar-refractivity contribution in [2.45, 2.75) is 12.8 Å². The second-order valence-electron chi connectivity index (χ2n) is 8.48. The molecule has 0 bridgehead atoms. The van der Waals surface area contributed by atoms with E-state index in [-0.39, 0.29) is 17.5 Å². The molecular formula is C29H31FN2O3. The average Bonchev–Trinajstić information content (AvgIpc) is 2.91. The van der Waals surface area contributed by atoms with Crippen LogP contribution < -0.4 is 14.4 Å². The number of carbonyl (C=O) groups excluding carboxylic acids is 1. The van der Waals surface area contributed by atoms with Crippen molar-refractivity contribution < 1.29 is 18.7 Å². The van der Waals surface area contributed by atoms with Crippen molar-refractivity contribution in [3.05, 3.63) is 95.8 Å². The van der Waals surface area contributed by atoms with Gasteiger partial charge in [0.15, 0.2) is 11.6 Å². The SMILES string of the molecule is COc1ccc(C/C=C(/CC(=O)N2CCN(c3ccccc3OC)CC2)c2ccccc2)cc1F. The topological polar surface area (TPSA) is 42.0 Å². The van der Waals surface area contributed by atoms with E-state index in [1.165, 1.54) is 13.2 Å². The number of allylic oxidation sites excluding steroid dienone is 1. The first-order valence-electron chi connectivity index (χ1n) is 11.8. The molecule has 1 aliphatic rings. The van der Waals surface area contributed by atoms with Crippen LogP contribution in [0.15, 0.2) is 78.9 Å². The van der Waals surface area contributed by atoms with Gasteiger partial charge in [-0.25, -0.2) is 4.39 Å². The molecule has 4 rings (SSSR count). The molecule has 0 saturated carbocycles. The number of amides is 1. The third-order valence-electron chi connectivity index (χ3n) is 6.34. The van der Waals surface area contributed by atoms with Crippen LogP contribution in [-0.2, 0) is 11.2 Å². The third-order valence-corrected chi connectivity index (χ3v) is 6.34. The van der Waals surface area contributed by atoms with Crippen LogP contribution in [0.5, 0.6) is 11.5 Å². The monoisotopic (exact) mass is 474 g/mol. The Kier molecular flexibility index (Phi) is 8.03. The zero-order chi connectivity index (χ0) is 24.6. The van der Waals surface area contributed by atoms with E-state index in [0.29, 0.717) is 25.9 Å². The van der Waals surface area contributed by atoms with Crippen molar-refractivity contribution in [1.82, 2.24) is 4.90 Å². The second-order valence-corrected chi connectivity index (χ2v) is 8.48. The van der Waals surface area contributed by atoms with Crippen LogP contribution in [0.4, 0.5) is 10.1 Å². The molecule has 1 aliphatic heterocycles. The fourth-order valence-corrected chi connectivity index (χ4v) is 4.38. The standard InChI is InChI=1S/C29H31FN2O3/c1-34-27-15-13-22(20-25(27)30)12-14-24(23-8-4-3-5-9-23)21-29(33)32-18-16-31(17-19-32)26-10-6-7-11-28(26)35-2/h3-11,13-15,20H,12,16-19,21H2,1-2H3/b24-14-. The first-order chi connectivity index (χ1) is 17.1. The fourth-order valence-electron chi connectivity index (χ4n) is 4.38. The minimum atomic E-state index is -0.386. The highest BCUT2D eigenvalue weighted by Gasteiger charge is 2.23. The van der Waals surface area contributed by atoms with Crippen molar-refractivity contribution in [2.75, 3.05) is 45.3 Å². The zero-order valence-electron chi connectivity index (χ0n) is 20.2. The zero-order valence-corrected chi connectivity index (χ0v) is 20.2. The first kappa shape index (κ1) is 24.3. The van der Waals surface area contributed by atoms with Gasteiger partial charge >= 0.3 is 0 Å². The maximum absolute atomic E-state index is 14.1. The Morgan fingerprint density at radius 2 is 1.57 bits per heavy atom. The number of hydrogen-bond donors (Lipinski definition) is 0. The van der Waals surface area contributed by atoms with Gasteiger partial charge in [-0.05, 0) is 47.4 Å². The Bertz CT molecular complexity index is 1170. The normalized spacial score (nSPS) is 14.1. The van der Waals surface area contributed by atoms with Gasteiger partial charge in [0.1, 0.15) is 5.75 Å². The molecule has 1 fully saturated rings. The van der Waals surface area contributed by atoms with Crippen LogP contribution in [0.2, 0.25) is 0 Å². The number of nitrogens with zero attached hydrogens (tertiary/aromatic N) is 2. The fraction of sp³-hybridized carbons (Fsp3) is 0.276. The van der Waals surface area contributed by atoms with Crippen LogP contribution in [0.25, 0.3) is 5.57 Å². The van der Waals surface area contributed by atoms with Crippen LogP contribution in [-0.4, -0.2) is 51.2 Å². The van der Waals surface area contributed by atoms with Crippen molar-refractivity contribution in [3.63, 3.8) is 0 Å². The van der Waals surface area contributed by atoms with Crippen molar-refractivity contribution in [2.24, 2.45) is 0 Å². The number of benzene rings is 3. The molecular weight excluding hydrogens is 443 g/mol. The van der Waals surface area contributed by atoms with E-state index in [1.54, 1.807) is 13.2 Å². The van der Waals surface area contributed by atoms with Gasteiger partial charge in [-0.1, -0.05) is 54.6 Å².